The fraction of sp³-hybridized carbons (Fsp3) is 0.0833. The van der Waals surface area contributed by atoms with Crippen molar-refractivity contribution in [2.45, 2.75) is 12.7 Å². The quantitative estimate of drug-likeness (QED) is 0.368. The standard InChI is InChI=1S/C24H17ClF3N3O/c25-20-6-1-3-15(11-20)14-29-23(32)17-9-7-16(8-10-17)21-13-22(31-30-21)18-4-2-5-19(12-18)24(26,27)28/h1-13H,14H2,(H,29,32)(H,30,31). The third kappa shape index (κ3) is 5.00. The highest BCUT2D eigenvalue weighted by Gasteiger charge is 2.30. The van der Waals surface area contributed by atoms with Crippen molar-refractivity contribution in [1.29, 1.82) is 0 Å². The smallest absolute Gasteiger partial charge is 0.348 e. The number of carbonyl (C=O) groups is 1. The molecule has 1 aromatic heterocycles. The molecule has 8 heteroatoms. The van der Waals surface area contributed by atoms with Crippen molar-refractivity contribution in [1.82, 2.24) is 15.5 Å². The highest BCUT2D eigenvalue weighted by Crippen LogP contribution is 2.32. The second-order valence-electron chi connectivity index (χ2n) is 7.14. The van der Waals surface area contributed by atoms with Gasteiger partial charge in [-0.15, -0.1) is 0 Å². The van der Waals surface area contributed by atoms with Crippen molar-refractivity contribution in [2.24, 2.45) is 0 Å². The van der Waals surface area contributed by atoms with Crippen LogP contribution in [0.5, 0.6) is 0 Å². The summed E-state index contributed by atoms with van der Waals surface area (Å²) < 4.78 is 38.9. The number of H-pyrrole nitrogens is 1. The number of nitrogens with one attached hydrogen (secondary N) is 2. The van der Waals surface area contributed by atoms with Crippen molar-refractivity contribution in [3.8, 4) is 22.5 Å². The van der Waals surface area contributed by atoms with Gasteiger partial charge in [-0.3, -0.25) is 9.89 Å². The molecular weight excluding hydrogens is 439 g/mol. The summed E-state index contributed by atoms with van der Waals surface area (Å²) in [5, 5.41) is 10.4. The van der Waals surface area contributed by atoms with Crippen molar-refractivity contribution >= 4 is 17.5 Å². The lowest BCUT2D eigenvalue weighted by molar-refractivity contribution is -0.137. The highest BCUT2D eigenvalue weighted by molar-refractivity contribution is 6.30. The second-order valence-corrected chi connectivity index (χ2v) is 7.57. The number of aromatic amines is 1. The van der Waals surface area contributed by atoms with Crippen LogP contribution < -0.4 is 5.32 Å². The SMILES string of the molecule is O=C(NCc1cccc(Cl)c1)c1ccc(-c2cc(-c3cccc(C(F)(F)F)c3)n[nH]2)cc1. The lowest BCUT2D eigenvalue weighted by Gasteiger charge is -2.07. The van der Waals surface area contributed by atoms with E-state index in [1.54, 1.807) is 48.5 Å². The molecule has 4 rings (SSSR count). The molecule has 1 amide bonds. The third-order valence-corrected chi connectivity index (χ3v) is 5.10. The number of rotatable bonds is 5. The zero-order valence-electron chi connectivity index (χ0n) is 16.6. The van der Waals surface area contributed by atoms with Gasteiger partial charge in [0.1, 0.15) is 0 Å². The summed E-state index contributed by atoms with van der Waals surface area (Å²) in [6, 6.07) is 20.8. The van der Waals surface area contributed by atoms with Crippen LogP contribution in [0.1, 0.15) is 21.5 Å². The summed E-state index contributed by atoms with van der Waals surface area (Å²) >= 11 is 5.95. The molecule has 162 valence electrons. The van der Waals surface area contributed by atoms with Crippen LogP contribution in [0.2, 0.25) is 5.02 Å². The maximum Gasteiger partial charge on any atom is 0.416 e. The van der Waals surface area contributed by atoms with Crippen LogP contribution in [0.25, 0.3) is 22.5 Å². The van der Waals surface area contributed by atoms with E-state index in [0.29, 0.717) is 34.1 Å². The maximum atomic E-state index is 13.0. The van der Waals surface area contributed by atoms with Crippen molar-refractivity contribution in [3.05, 3.63) is 101 Å². The van der Waals surface area contributed by atoms with E-state index in [-0.39, 0.29) is 5.91 Å². The molecule has 0 bridgehead atoms. The number of nitrogens with zero attached hydrogens (tertiary/aromatic N) is 1. The van der Waals surface area contributed by atoms with Gasteiger partial charge < -0.3 is 5.32 Å². The molecule has 4 nitrogen and oxygen atoms in total. The van der Waals surface area contributed by atoms with Gasteiger partial charge >= 0.3 is 6.18 Å². The molecule has 4 aromatic rings. The minimum Gasteiger partial charge on any atom is -0.348 e. The number of aromatic nitrogens is 2. The molecule has 0 aliphatic heterocycles. The van der Waals surface area contributed by atoms with Crippen molar-refractivity contribution in [3.63, 3.8) is 0 Å². The molecule has 0 fully saturated rings. The zero-order chi connectivity index (χ0) is 22.7. The summed E-state index contributed by atoms with van der Waals surface area (Å²) in [5.74, 6) is -0.231. The predicted octanol–water partition coefficient (Wildman–Crippen LogP) is 6.35. The van der Waals surface area contributed by atoms with Crippen LogP contribution in [-0.4, -0.2) is 16.1 Å². The molecular formula is C24H17ClF3N3O. The number of benzene rings is 3. The van der Waals surface area contributed by atoms with Crippen LogP contribution in [0.15, 0.2) is 78.9 Å². The van der Waals surface area contributed by atoms with Gasteiger partial charge in [0.25, 0.3) is 5.91 Å². The van der Waals surface area contributed by atoms with Gasteiger partial charge in [-0.25, -0.2) is 0 Å². The number of halogens is 4. The van der Waals surface area contributed by atoms with Crippen LogP contribution in [0, 0.1) is 0 Å². The Morgan fingerprint density at radius 3 is 2.41 bits per heavy atom. The van der Waals surface area contributed by atoms with E-state index in [2.05, 4.69) is 15.5 Å². The first-order valence-corrected chi connectivity index (χ1v) is 10.0. The van der Waals surface area contributed by atoms with E-state index >= 15 is 0 Å². The van der Waals surface area contributed by atoms with Gasteiger partial charge in [0.15, 0.2) is 0 Å². The highest BCUT2D eigenvalue weighted by atomic mass is 35.5. The van der Waals surface area contributed by atoms with E-state index in [1.165, 1.54) is 6.07 Å². The van der Waals surface area contributed by atoms with E-state index in [0.717, 1.165) is 23.3 Å². The van der Waals surface area contributed by atoms with E-state index in [9.17, 15) is 18.0 Å². The number of hydrogen-bond donors (Lipinski definition) is 2. The van der Waals surface area contributed by atoms with Gasteiger partial charge in [-0.2, -0.15) is 18.3 Å². The first kappa shape index (κ1) is 21.6. The zero-order valence-corrected chi connectivity index (χ0v) is 17.3. The van der Waals surface area contributed by atoms with Gasteiger partial charge in [0.05, 0.1) is 17.0 Å². The van der Waals surface area contributed by atoms with Gasteiger partial charge in [-0.05, 0) is 53.6 Å². The Balaban J connectivity index is 1.46. The molecule has 0 aliphatic rings. The Labute approximate surface area is 187 Å². The first-order valence-electron chi connectivity index (χ1n) is 9.66. The average molecular weight is 456 g/mol. The fourth-order valence-electron chi connectivity index (χ4n) is 3.20. The molecule has 0 radical (unpaired) electrons. The summed E-state index contributed by atoms with van der Waals surface area (Å²) in [5.41, 5.74) is 2.78. The van der Waals surface area contributed by atoms with Crippen LogP contribution >= 0.6 is 11.6 Å². The van der Waals surface area contributed by atoms with E-state index in [4.69, 9.17) is 11.6 Å². The van der Waals surface area contributed by atoms with Crippen molar-refractivity contribution in [2.75, 3.05) is 0 Å². The Bertz CT molecular complexity index is 1250. The topological polar surface area (TPSA) is 57.8 Å². The molecule has 2 N–H and O–H groups in total. The molecule has 0 atom stereocenters. The largest absolute Gasteiger partial charge is 0.416 e. The first-order chi connectivity index (χ1) is 15.3. The fourth-order valence-corrected chi connectivity index (χ4v) is 3.42. The average Bonchev–Trinajstić information content (AvgIpc) is 3.28. The molecule has 1 heterocycles. The summed E-state index contributed by atoms with van der Waals surface area (Å²) in [4.78, 5) is 12.4. The lowest BCUT2D eigenvalue weighted by Crippen LogP contribution is -2.22. The molecule has 0 spiro atoms. The van der Waals surface area contributed by atoms with Gasteiger partial charge in [-0.1, -0.05) is 48.0 Å². The lowest BCUT2D eigenvalue weighted by atomic mass is 10.1. The molecule has 0 aliphatic carbocycles. The van der Waals surface area contributed by atoms with Crippen LogP contribution in [0.4, 0.5) is 13.2 Å². The van der Waals surface area contributed by atoms with Gasteiger partial charge in [0, 0.05) is 22.7 Å². The molecule has 0 saturated carbocycles. The Morgan fingerprint density at radius 2 is 1.69 bits per heavy atom. The molecule has 0 saturated heterocycles. The van der Waals surface area contributed by atoms with Crippen LogP contribution in [0.3, 0.4) is 0 Å². The minimum atomic E-state index is -4.42. The summed E-state index contributed by atoms with van der Waals surface area (Å²) in [7, 11) is 0. The summed E-state index contributed by atoms with van der Waals surface area (Å²) in [6.45, 7) is 0.349. The normalized spacial score (nSPS) is 11.4. The van der Waals surface area contributed by atoms with E-state index < -0.39 is 11.7 Å². The Hall–Kier alpha value is -3.58. The minimum absolute atomic E-state index is 0.231. The second kappa shape index (κ2) is 8.88. The van der Waals surface area contributed by atoms with Crippen LogP contribution in [-0.2, 0) is 12.7 Å². The number of carbonyl (C=O) groups excluding carboxylic acids is 1. The monoisotopic (exact) mass is 455 g/mol. The third-order valence-electron chi connectivity index (χ3n) is 4.86. The number of amides is 1. The molecule has 3 aromatic carbocycles. The Morgan fingerprint density at radius 1 is 0.938 bits per heavy atom. The van der Waals surface area contributed by atoms with Gasteiger partial charge in [0.2, 0.25) is 0 Å². The number of alkyl halides is 3. The summed E-state index contributed by atoms with van der Waals surface area (Å²) in [6.07, 6.45) is -4.42. The van der Waals surface area contributed by atoms with E-state index in [1.807, 2.05) is 12.1 Å². The number of hydrogen-bond acceptors (Lipinski definition) is 2. The molecule has 32 heavy (non-hydrogen) atoms. The Kier molecular flexibility index (Phi) is 6.01. The maximum absolute atomic E-state index is 13.0. The van der Waals surface area contributed by atoms with Crippen molar-refractivity contribution < 1.29 is 18.0 Å². The predicted molar refractivity (Wildman–Crippen MR) is 117 cm³/mol. The molecule has 0 unspecified atom stereocenters.